The van der Waals surface area contributed by atoms with Crippen LogP contribution in [0.4, 0.5) is 5.69 Å². The predicted molar refractivity (Wildman–Crippen MR) is 81.4 cm³/mol. The molecule has 1 heterocycles. The number of rotatable bonds is 5. The van der Waals surface area contributed by atoms with Gasteiger partial charge in [-0.2, -0.15) is 5.10 Å². The lowest BCUT2D eigenvalue weighted by atomic mass is 10.1. The summed E-state index contributed by atoms with van der Waals surface area (Å²) >= 11 is 0. The molecule has 7 nitrogen and oxygen atoms in total. The van der Waals surface area contributed by atoms with Crippen molar-refractivity contribution in [3.63, 3.8) is 0 Å². The quantitative estimate of drug-likeness (QED) is 0.676. The molecule has 1 aromatic carbocycles. The highest BCUT2D eigenvalue weighted by Gasteiger charge is 2.22. The molecule has 0 fully saturated rings. The molecule has 0 saturated heterocycles. The maximum atomic E-state index is 12.0. The van der Waals surface area contributed by atoms with Crippen molar-refractivity contribution in [3.05, 3.63) is 56.9 Å². The Balaban J connectivity index is 1.99. The maximum Gasteiger partial charge on any atom is 0.312 e. The van der Waals surface area contributed by atoms with Gasteiger partial charge < -0.3 is 5.32 Å². The van der Waals surface area contributed by atoms with Gasteiger partial charge in [0.1, 0.15) is 17.9 Å². The fourth-order valence-electron chi connectivity index (χ4n) is 2.20. The van der Waals surface area contributed by atoms with Crippen LogP contribution in [0.5, 0.6) is 0 Å². The summed E-state index contributed by atoms with van der Waals surface area (Å²) in [5, 5.41) is 17.8. The van der Waals surface area contributed by atoms with Gasteiger partial charge in [-0.05, 0) is 26.3 Å². The van der Waals surface area contributed by atoms with Crippen LogP contribution in [0.3, 0.4) is 0 Å². The molecule has 0 aliphatic rings. The molecule has 1 N–H and O–H groups in total. The lowest BCUT2D eigenvalue weighted by molar-refractivity contribution is -0.386. The van der Waals surface area contributed by atoms with E-state index in [1.165, 1.54) is 4.68 Å². The molecule has 0 bridgehead atoms. The van der Waals surface area contributed by atoms with Crippen molar-refractivity contribution in [2.45, 2.75) is 33.9 Å². The summed E-state index contributed by atoms with van der Waals surface area (Å²) in [4.78, 5) is 22.4. The summed E-state index contributed by atoms with van der Waals surface area (Å²) in [6.45, 7) is 5.53. The smallest absolute Gasteiger partial charge is 0.312 e. The van der Waals surface area contributed by atoms with E-state index in [-0.39, 0.29) is 18.1 Å². The maximum absolute atomic E-state index is 12.0. The number of nitro groups is 1. The van der Waals surface area contributed by atoms with Gasteiger partial charge in [0.25, 0.3) is 0 Å². The Labute approximate surface area is 128 Å². The second kappa shape index (κ2) is 6.38. The largest absolute Gasteiger partial charge is 0.350 e. The molecular formula is C15H18N4O3. The van der Waals surface area contributed by atoms with Crippen molar-refractivity contribution < 1.29 is 9.72 Å². The van der Waals surface area contributed by atoms with Crippen LogP contribution in [0.25, 0.3) is 0 Å². The first-order chi connectivity index (χ1) is 10.4. The molecule has 2 rings (SSSR count). The highest BCUT2D eigenvalue weighted by atomic mass is 16.6. The predicted octanol–water partition coefficient (Wildman–Crippen LogP) is 2.03. The van der Waals surface area contributed by atoms with E-state index in [0.29, 0.717) is 17.9 Å². The van der Waals surface area contributed by atoms with Gasteiger partial charge in [0.15, 0.2) is 0 Å². The third-order valence-corrected chi connectivity index (χ3v) is 3.43. The third-order valence-electron chi connectivity index (χ3n) is 3.43. The average Bonchev–Trinajstić information content (AvgIpc) is 2.72. The average molecular weight is 302 g/mol. The number of carbonyl (C=O) groups is 1. The number of hydrogen-bond donors (Lipinski definition) is 1. The van der Waals surface area contributed by atoms with Gasteiger partial charge in [0.2, 0.25) is 5.91 Å². The van der Waals surface area contributed by atoms with Crippen molar-refractivity contribution in [2.75, 3.05) is 0 Å². The summed E-state index contributed by atoms with van der Waals surface area (Å²) in [6.07, 6.45) is 0. The van der Waals surface area contributed by atoms with Crippen LogP contribution >= 0.6 is 0 Å². The van der Waals surface area contributed by atoms with E-state index < -0.39 is 4.92 Å². The number of nitrogens with zero attached hydrogens (tertiary/aromatic N) is 3. The van der Waals surface area contributed by atoms with E-state index in [1.807, 2.05) is 31.2 Å². The fourth-order valence-corrected chi connectivity index (χ4v) is 2.20. The highest BCUT2D eigenvalue weighted by Crippen LogP contribution is 2.21. The van der Waals surface area contributed by atoms with Crippen molar-refractivity contribution in [3.8, 4) is 0 Å². The van der Waals surface area contributed by atoms with Gasteiger partial charge in [-0.25, -0.2) is 0 Å². The molecular weight excluding hydrogens is 284 g/mol. The van der Waals surface area contributed by atoms with E-state index in [1.54, 1.807) is 13.8 Å². The first-order valence-corrected chi connectivity index (χ1v) is 6.89. The Morgan fingerprint density at radius 2 is 1.91 bits per heavy atom. The fraction of sp³-hybridized carbons (Fsp3) is 0.333. The second-order valence-electron chi connectivity index (χ2n) is 5.20. The van der Waals surface area contributed by atoms with Crippen LogP contribution < -0.4 is 5.32 Å². The van der Waals surface area contributed by atoms with Gasteiger partial charge in [0, 0.05) is 6.54 Å². The van der Waals surface area contributed by atoms with Gasteiger partial charge in [0.05, 0.1) is 4.92 Å². The van der Waals surface area contributed by atoms with Crippen LogP contribution in [0.2, 0.25) is 0 Å². The molecule has 0 aliphatic heterocycles. The number of nitrogens with one attached hydrogen (secondary N) is 1. The Hall–Kier alpha value is -2.70. The summed E-state index contributed by atoms with van der Waals surface area (Å²) in [7, 11) is 0. The molecule has 0 spiro atoms. The zero-order chi connectivity index (χ0) is 16.3. The third kappa shape index (κ3) is 3.49. The summed E-state index contributed by atoms with van der Waals surface area (Å²) in [5.41, 5.74) is 2.82. The zero-order valence-corrected chi connectivity index (χ0v) is 12.8. The van der Waals surface area contributed by atoms with Crippen molar-refractivity contribution in [1.29, 1.82) is 0 Å². The number of benzene rings is 1. The van der Waals surface area contributed by atoms with Crippen LogP contribution in [0.1, 0.15) is 22.5 Å². The van der Waals surface area contributed by atoms with E-state index in [0.717, 1.165) is 11.1 Å². The minimum Gasteiger partial charge on any atom is -0.350 e. The molecule has 0 saturated carbocycles. The first kappa shape index (κ1) is 15.7. The molecule has 1 aromatic heterocycles. The zero-order valence-electron chi connectivity index (χ0n) is 12.8. The molecule has 0 atom stereocenters. The van der Waals surface area contributed by atoms with E-state index in [9.17, 15) is 14.9 Å². The molecule has 1 amide bonds. The van der Waals surface area contributed by atoms with Crippen LogP contribution in [0.15, 0.2) is 24.3 Å². The van der Waals surface area contributed by atoms with E-state index >= 15 is 0 Å². The van der Waals surface area contributed by atoms with Crippen molar-refractivity contribution in [2.24, 2.45) is 0 Å². The Bertz CT molecular complexity index is 704. The second-order valence-corrected chi connectivity index (χ2v) is 5.20. The molecule has 0 aliphatic carbocycles. The van der Waals surface area contributed by atoms with Crippen molar-refractivity contribution in [1.82, 2.24) is 15.1 Å². The molecule has 22 heavy (non-hydrogen) atoms. The summed E-state index contributed by atoms with van der Waals surface area (Å²) in [6, 6.07) is 7.85. The molecule has 116 valence electrons. The highest BCUT2D eigenvalue weighted by molar-refractivity contribution is 5.75. The Morgan fingerprint density at radius 3 is 2.45 bits per heavy atom. The normalized spacial score (nSPS) is 10.5. The molecule has 0 unspecified atom stereocenters. The van der Waals surface area contributed by atoms with Crippen molar-refractivity contribution >= 4 is 11.6 Å². The topological polar surface area (TPSA) is 90.1 Å². The van der Waals surface area contributed by atoms with Gasteiger partial charge >= 0.3 is 5.69 Å². The lowest BCUT2D eigenvalue weighted by Gasteiger charge is -2.07. The lowest BCUT2D eigenvalue weighted by Crippen LogP contribution is -2.28. The summed E-state index contributed by atoms with van der Waals surface area (Å²) < 4.78 is 1.36. The molecule has 0 radical (unpaired) electrons. The number of carbonyl (C=O) groups excluding carboxylic acids is 1. The van der Waals surface area contributed by atoms with Crippen LogP contribution in [0, 0.1) is 30.9 Å². The van der Waals surface area contributed by atoms with Gasteiger partial charge in [-0.3, -0.25) is 19.6 Å². The number of hydrogen-bond acceptors (Lipinski definition) is 4. The molecule has 2 aromatic rings. The first-order valence-electron chi connectivity index (χ1n) is 6.89. The molecule has 7 heteroatoms. The number of aryl methyl sites for hydroxylation is 2. The van der Waals surface area contributed by atoms with Crippen LogP contribution in [-0.2, 0) is 17.9 Å². The monoisotopic (exact) mass is 302 g/mol. The van der Waals surface area contributed by atoms with E-state index in [2.05, 4.69) is 10.4 Å². The standard InChI is InChI=1S/C15H18N4O3/c1-10-4-6-13(7-5-10)8-16-14(20)9-18-12(3)15(19(21)22)11(2)17-18/h4-7H,8-9H2,1-3H3,(H,16,20). The number of amides is 1. The summed E-state index contributed by atoms with van der Waals surface area (Å²) in [5.74, 6) is -0.235. The minimum atomic E-state index is -0.474. The number of aromatic nitrogens is 2. The minimum absolute atomic E-state index is 0.0353. The Kier molecular flexibility index (Phi) is 4.55. The van der Waals surface area contributed by atoms with Gasteiger partial charge in [-0.1, -0.05) is 29.8 Å². The van der Waals surface area contributed by atoms with Gasteiger partial charge in [-0.15, -0.1) is 0 Å². The SMILES string of the molecule is Cc1ccc(CNC(=O)Cn2nc(C)c([N+](=O)[O-])c2C)cc1. The van der Waals surface area contributed by atoms with E-state index in [4.69, 9.17) is 0 Å². The Morgan fingerprint density at radius 1 is 1.27 bits per heavy atom. The van der Waals surface area contributed by atoms with Crippen LogP contribution in [-0.4, -0.2) is 20.6 Å².